The summed E-state index contributed by atoms with van der Waals surface area (Å²) in [6, 6.07) is 13.9. The molecule has 2 aromatic heterocycles. The average Bonchev–Trinajstić information content (AvgIpc) is 3.29. The fourth-order valence-corrected chi connectivity index (χ4v) is 3.15. The van der Waals surface area contributed by atoms with Gasteiger partial charge in [0.15, 0.2) is 0 Å². The van der Waals surface area contributed by atoms with Gasteiger partial charge < -0.3 is 10.3 Å². The van der Waals surface area contributed by atoms with Gasteiger partial charge in [-0.3, -0.25) is 4.79 Å². The summed E-state index contributed by atoms with van der Waals surface area (Å²) in [4.78, 5) is 20.3. The molecule has 4 aromatic rings. The number of hydrogen-bond acceptors (Lipinski definition) is 3. The molecule has 2 N–H and O–H groups in total. The summed E-state index contributed by atoms with van der Waals surface area (Å²) >= 11 is 0. The summed E-state index contributed by atoms with van der Waals surface area (Å²) in [7, 11) is 0. The summed E-state index contributed by atoms with van der Waals surface area (Å²) in [6.07, 6.45) is 3.06. The van der Waals surface area contributed by atoms with E-state index in [9.17, 15) is 9.18 Å². The lowest BCUT2D eigenvalue weighted by Gasteiger charge is -2.06. The molecule has 0 radical (unpaired) electrons. The Morgan fingerprint density at radius 2 is 1.96 bits per heavy atom. The fourth-order valence-electron chi connectivity index (χ4n) is 3.15. The number of hydrogen-bond donors (Lipinski definition) is 2. The molecule has 6 nitrogen and oxygen atoms in total. The zero-order valence-electron chi connectivity index (χ0n) is 15.4. The number of rotatable bonds is 6. The van der Waals surface area contributed by atoms with Crippen molar-refractivity contribution >= 4 is 16.9 Å². The molecule has 0 aliphatic rings. The number of aromatic amines is 1. The van der Waals surface area contributed by atoms with Crippen LogP contribution in [0.3, 0.4) is 0 Å². The van der Waals surface area contributed by atoms with Gasteiger partial charge in [-0.05, 0) is 49.7 Å². The first-order valence-electron chi connectivity index (χ1n) is 9.14. The lowest BCUT2D eigenvalue weighted by atomic mass is 10.2. The molecule has 0 spiro atoms. The van der Waals surface area contributed by atoms with Crippen LogP contribution in [0.1, 0.15) is 28.3 Å². The Morgan fingerprint density at radius 3 is 2.75 bits per heavy atom. The van der Waals surface area contributed by atoms with Crippen molar-refractivity contribution < 1.29 is 9.18 Å². The number of imidazole rings is 1. The molecule has 0 bridgehead atoms. The minimum atomic E-state index is -0.309. The van der Waals surface area contributed by atoms with Gasteiger partial charge in [-0.2, -0.15) is 5.10 Å². The quantitative estimate of drug-likeness (QED) is 0.505. The maximum atomic E-state index is 13.1. The molecule has 4 rings (SSSR count). The highest BCUT2D eigenvalue weighted by molar-refractivity contribution is 5.95. The molecule has 0 unspecified atom stereocenters. The van der Waals surface area contributed by atoms with Crippen LogP contribution in [-0.4, -0.2) is 32.2 Å². The monoisotopic (exact) mass is 377 g/mol. The number of amides is 1. The molecule has 28 heavy (non-hydrogen) atoms. The molecule has 0 saturated heterocycles. The minimum Gasteiger partial charge on any atom is -0.352 e. The van der Waals surface area contributed by atoms with E-state index in [4.69, 9.17) is 0 Å². The number of halogens is 1. The topological polar surface area (TPSA) is 75.6 Å². The van der Waals surface area contributed by atoms with E-state index in [0.29, 0.717) is 23.5 Å². The van der Waals surface area contributed by atoms with Gasteiger partial charge in [-0.1, -0.05) is 12.1 Å². The van der Waals surface area contributed by atoms with Crippen LogP contribution in [0.25, 0.3) is 16.7 Å². The number of H-pyrrole nitrogens is 1. The lowest BCUT2D eigenvalue weighted by molar-refractivity contribution is 0.0952. The molecule has 0 aliphatic carbocycles. The number of carbonyl (C=O) groups is 1. The van der Waals surface area contributed by atoms with Crippen LogP contribution in [0.4, 0.5) is 4.39 Å². The van der Waals surface area contributed by atoms with Gasteiger partial charge >= 0.3 is 0 Å². The number of benzene rings is 2. The van der Waals surface area contributed by atoms with E-state index in [1.54, 1.807) is 16.8 Å². The Bertz CT molecular complexity index is 1080. The SMILES string of the molecule is Cc1c(C(=O)NCCCc2nc3ccccc3[nH]2)cnn1-c1ccc(F)cc1. The molecule has 1 amide bonds. The van der Waals surface area contributed by atoms with Crippen molar-refractivity contribution in [2.75, 3.05) is 6.54 Å². The van der Waals surface area contributed by atoms with Crippen molar-refractivity contribution in [2.24, 2.45) is 0 Å². The van der Waals surface area contributed by atoms with Crippen molar-refractivity contribution in [1.29, 1.82) is 0 Å². The van der Waals surface area contributed by atoms with Crippen LogP contribution >= 0.6 is 0 Å². The normalized spacial score (nSPS) is 11.1. The zero-order chi connectivity index (χ0) is 19.5. The van der Waals surface area contributed by atoms with Gasteiger partial charge in [-0.15, -0.1) is 0 Å². The van der Waals surface area contributed by atoms with Gasteiger partial charge in [0.2, 0.25) is 0 Å². The van der Waals surface area contributed by atoms with Crippen LogP contribution < -0.4 is 5.32 Å². The minimum absolute atomic E-state index is 0.171. The van der Waals surface area contributed by atoms with Crippen molar-refractivity contribution in [1.82, 2.24) is 25.1 Å². The summed E-state index contributed by atoms with van der Waals surface area (Å²) in [5, 5.41) is 7.18. The first-order valence-corrected chi connectivity index (χ1v) is 9.14. The van der Waals surface area contributed by atoms with Crippen LogP contribution in [0.2, 0.25) is 0 Å². The second-order valence-corrected chi connectivity index (χ2v) is 6.59. The third-order valence-corrected chi connectivity index (χ3v) is 4.64. The summed E-state index contributed by atoms with van der Waals surface area (Å²) in [5.41, 5.74) is 3.90. The molecular formula is C21H20FN5O. The van der Waals surface area contributed by atoms with Crippen molar-refractivity contribution in [3.63, 3.8) is 0 Å². The van der Waals surface area contributed by atoms with E-state index < -0.39 is 0 Å². The largest absolute Gasteiger partial charge is 0.352 e. The van der Waals surface area contributed by atoms with Crippen molar-refractivity contribution in [3.05, 3.63) is 77.6 Å². The predicted octanol–water partition coefficient (Wildman–Crippen LogP) is 3.56. The zero-order valence-corrected chi connectivity index (χ0v) is 15.4. The Balaban J connectivity index is 1.34. The van der Waals surface area contributed by atoms with Gasteiger partial charge in [0, 0.05) is 13.0 Å². The number of nitrogens with zero attached hydrogens (tertiary/aromatic N) is 3. The second-order valence-electron chi connectivity index (χ2n) is 6.59. The van der Waals surface area contributed by atoms with Crippen molar-refractivity contribution in [3.8, 4) is 5.69 Å². The highest BCUT2D eigenvalue weighted by atomic mass is 19.1. The Kier molecular flexibility index (Phi) is 4.89. The third-order valence-electron chi connectivity index (χ3n) is 4.64. The highest BCUT2D eigenvalue weighted by Gasteiger charge is 2.15. The number of fused-ring (bicyclic) bond motifs is 1. The van der Waals surface area contributed by atoms with Gasteiger partial charge in [0.1, 0.15) is 11.6 Å². The van der Waals surface area contributed by atoms with Crippen LogP contribution in [0.5, 0.6) is 0 Å². The first-order chi connectivity index (χ1) is 13.6. The van der Waals surface area contributed by atoms with Gasteiger partial charge in [0.05, 0.1) is 34.2 Å². The Labute approximate surface area is 161 Å². The molecule has 142 valence electrons. The molecule has 0 saturated carbocycles. The van der Waals surface area contributed by atoms with E-state index in [-0.39, 0.29) is 11.7 Å². The molecule has 0 atom stereocenters. The second kappa shape index (κ2) is 7.64. The lowest BCUT2D eigenvalue weighted by Crippen LogP contribution is -2.25. The number of carbonyl (C=O) groups excluding carboxylic acids is 1. The van der Waals surface area contributed by atoms with Crippen LogP contribution in [-0.2, 0) is 6.42 Å². The number of aromatic nitrogens is 4. The first kappa shape index (κ1) is 17.9. The number of aryl methyl sites for hydroxylation is 1. The van der Waals surface area contributed by atoms with Crippen molar-refractivity contribution in [2.45, 2.75) is 19.8 Å². The summed E-state index contributed by atoms with van der Waals surface area (Å²) in [6.45, 7) is 2.36. The van der Waals surface area contributed by atoms with E-state index in [2.05, 4.69) is 20.4 Å². The molecule has 2 heterocycles. The van der Waals surface area contributed by atoms with Gasteiger partial charge in [-0.25, -0.2) is 14.1 Å². The number of nitrogens with one attached hydrogen (secondary N) is 2. The molecular weight excluding hydrogens is 357 g/mol. The highest BCUT2D eigenvalue weighted by Crippen LogP contribution is 2.15. The molecule has 0 aliphatic heterocycles. The van der Waals surface area contributed by atoms with E-state index in [0.717, 1.165) is 29.7 Å². The summed E-state index contributed by atoms with van der Waals surface area (Å²) < 4.78 is 14.7. The third kappa shape index (κ3) is 3.64. The van der Waals surface area contributed by atoms with E-state index >= 15 is 0 Å². The van der Waals surface area contributed by atoms with Crippen LogP contribution in [0.15, 0.2) is 54.7 Å². The molecule has 7 heteroatoms. The molecule has 2 aromatic carbocycles. The smallest absolute Gasteiger partial charge is 0.254 e. The van der Waals surface area contributed by atoms with Gasteiger partial charge in [0.25, 0.3) is 5.91 Å². The Morgan fingerprint density at radius 1 is 1.18 bits per heavy atom. The average molecular weight is 377 g/mol. The maximum absolute atomic E-state index is 13.1. The number of para-hydroxylation sites is 2. The fraction of sp³-hybridized carbons (Fsp3) is 0.190. The Hall–Kier alpha value is -3.48. The molecule has 0 fully saturated rings. The predicted molar refractivity (Wildman–Crippen MR) is 105 cm³/mol. The standard InChI is InChI=1S/C21H20FN5O/c1-14-17(13-24-27(14)16-10-8-15(22)9-11-16)21(28)23-12-4-7-20-25-18-5-2-3-6-19(18)26-20/h2-3,5-6,8-11,13H,4,7,12H2,1H3,(H,23,28)(H,25,26). The van der Waals surface area contributed by atoms with E-state index in [1.165, 1.54) is 18.3 Å². The maximum Gasteiger partial charge on any atom is 0.254 e. The van der Waals surface area contributed by atoms with E-state index in [1.807, 2.05) is 31.2 Å². The van der Waals surface area contributed by atoms with Crippen LogP contribution in [0, 0.1) is 12.7 Å². The summed E-state index contributed by atoms with van der Waals surface area (Å²) in [5.74, 6) is 0.433.